The summed E-state index contributed by atoms with van der Waals surface area (Å²) in [6, 6.07) is 10.6. The normalized spacial score (nSPS) is 18.6. The van der Waals surface area contributed by atoms with Gasteiger partial charge in [0.2, 0.25) is 5.96 Å². The topological polar surface area (TPSA) is 61.7 Å². The van der Waals surface area contributed by atoms with Crippen LogP contribution >= 0.6 is 0 Å². The number of halogens is 1. The average Bonchev–Trinajstić information content (AvgIpc) is 2.99. The first-order valence-corrected chi connectivity index (χ1v) is 13.1. The Bertz CT molecular complexity index is 1250. The van der Waals surface area contributed by atoms with Crippen LogP contribution in [0.15, 0.2) is 99.5 Å². The molecule has 2 heterocycles. The van der Waals surface area contributed by atoms with Gasteiger partial charge in [0.05, 0.1) is 6.54 Å². The molecule has 0 spiro atoms. The van der Waals surface area contributed by atoms with Crippen molar-refractivity contribution in [3.63, 3.8) is 0 Å². The first-order chi connectivity index (χ1) is 18.0. The summed E-state index contributed by atoms with van der Waals surface area (Å²) in [7, 11) is 0. The Morgan fingerprint density at radius 2 is 1.97 bits per heavy atom. The molecule has 0 saturated heterocycles. The Hall–Kier alpha value is -3.80. The number of pyridine rings is 1. The Kier molecular flexibility index (Phi) is 9.58. The molecule has 0 unspecified atom stereocenters. The van der Waals surface area contributed by atoms with E-state index >= 15 is 0 Å². The lowest BCUT2D eigenvalue weighted by atomic mass is 10.1. The van der Waals surface area contributed by atoms with Crippen molar-refractivity contribution in [2.45, 2.75) is 65.3 Å². The van der Waals surface area contributed by atoms with E-state index in [4.69, 9.17) is 9.98 Å². The smallest absolute Gasteiger partial charge is 0.206 e. The molecule has 1 aromatic heterocycles. The Labute approximate surface area is 219 Å². The molecule has 0 saturated carbocycles. The SMILES string of the molecule is CC1=CC(NC2=NC(=NCc3cccnc3)CCC(C)=C(/C=C/c3cccc(F)c3)N2)=CCCCCC1. The summed E-state index contributed by atoms with van der Waals surface area (Å²) in [4.78, 5) is 13.9. The Morgan fingerprint density at radius 3 is 2.81 bits per heavy atom. The number of aliphatic imine (C=N–C) groups is 2. The van der Waals surface area contributed by atoms with E-state index in [-0.39, 0.29) is 5.82 Å². The van der Waals surface area contributed by atoms with Crippen LogP contribution in [0.1, 0.15) is 69.9 Å². The van der Waals surface area contributed by atoms with Crippen LogP contribution in [0.4, 0.5) is 4.39 Å². The number of aromatic nitrogens is 1. The van der Waals surface area contributed by atoms with Crippen LogP contribution in [0.2, 0.25) is 0 Å². The van der Waals surface area contributed by atoms with E-state index in [1.807, 2.05) is 36.5 Å². The molecule has 6 heteroatoms. The summed E-state index contributed by atoms with van der Waals surface area (Å²) < 4.78 is 13.7. The van der Waals surface area contributed by atoms with Gasteiger partial charge < -0.3 is 10.6 Å². The molecule has 1 aromatic carbocycles. The first-order valence-electron chi connectivity index (χ1n) is 13.1. The van der Waals surface area contributed by atoms with Crippen molar-refractivity contribution in [3.05, 3.63) is 107 Å². The van der Waals surface area contributed by atoms with Crippen molar-refractivity contribution < 1.29 is 4.39 Å². The van der Waals surface area contributed by atoms with Gasteiger partial charge in [0.25, 0.3) is 0 Å². The summed E-state index contributed by atoms with van der Waals surface area (Å²) in [5.41, 5.74) is 6.40. The highest BCUT2D eigenvalue weighted by atomic mass is 19.1. The number of guanidine groups is 1. The average molecular weight is 498 g/mol. The number of allylic oxidation sites excluding steroid dienone is 5. The monoisotopic (exact) mass is 497 g/mol. The third-order valence-electron chi connectivity index (χ3n) is 6.44. The molecule has 192 valence electrons. The van der Waals surface area contributed by atoms with Crippen molar-refractivity contribution in [3.8, 4) is 0 Å². The summed E-state index contributed by atoms with van der Waals surface area (Å²) in [5, 5.41) is 7.05. The van der Waals surface area contributed by atoms with E-state index in [0.29, 0.717) is 12.5 Å². The van der Waals surface area contributed by atoms with Crippen LogP contribution in [0.5, 0.6) is 0 Å². The van der Waals surface area contributed by atoms with Gasteiger partial charge in [-0.05, 0) is 93.0 Å². The summed E-state index contributed by atoms with van der Waals surface area (Å²) >= 11 is 0. The number of benzene rings is 1. The van der Waals surface area contributed by atoms with Crippen molar-refractivity contribution in [2.75, 3.05) is 0 Å². The number of nitrogens with one attached hydrogen (secondary N) is 2. The maximum Gasteiger partial charge on any atom is 0.206 e. The maximum atomic E-state index is 13.7. The van der Waals surface area contributed by atoms with Gasteiger partial charge >= 0.3 is 0 Å². The first kappa shape index (κ1) is 26.3. The van der Waals surface area contributed by atoms with Crippen molar-refractivity contribution in [1.82, 2.24) is 15.6 Å². The van der Waals surface area contributed by atoms with Gasteiger partial charge in [-0.3, -0.25) is 9.98 Å². The third kappa shape index (κ3) is 8.67. The van der Waals surface area contributed by atoms with Gasteiger partial charge in [0.1, 0.15) is 11.7 Å². The van der Waals surface area contributed by atoms with Gasteiger partial charge in [-0.1, -0.05) is 42.3 Å². The molecule has 0 bridgehead atoms. The minimum Gasteiger partial charge on any atom is -0.326 e. The van der Waals surface area contributed by atoms with Crippen LogP contribution in [0, 0.1) is 5.82 Å². The van der Waals surface area contributed by atoms with Crippen LogP contribution in [0.25, 0.3) is 6.08 Å². The van der Waals surface area contributed by atoms with E-state index in [2.05, 4.69) is 41.6 Å². The predicted octanol–water partition coefficient (Wildman–Crippen LogP) is 7.23. The zero-order chi connectivity index (χ0) is 25.9. The fraction of sp³-hybridized carbons (Fsp3) is 0.323. The molecule has 0 radical (unpaired) electrons. The summed E-state index contributed by atoms with van der Waals surface area (Å²) in [6.07, 6.45) is 19.3. The third-order valence-corrected chi connectivity index (χ3v) is 6.44. The van der Waals surface area contributed by atoms with Crippen molar-refractivity contribution in [2.24, 2.45) is 9.98 Å². The zero-order valence-corrected chi connectivity index (χ0v) is 21.8. The molecule has 5 nitrogen and oxygen atoms in total. The van der Waals surface area contributed by atoms with E-state index in [0.717, 1.165) is 54.0 Å². The van der Waals surface area contributed by atoms with E-state index in [1.165, 1.54) is 42.5 Å². The number of hydrogen-bond donors (Lipinski definition) is 2. The van der Waals surface area contributed by atoms with E-state index < -0.39 is 0 Å². The lowest BCUT2D eigenvalue weighted by Crippen LogP contribution is -2.37. The van der Waals surface area contributed by atoms with Gasteiger partial charge in [-0.25, -0.2) is 4.39 Å². The second kappa shape index (κ2) is 13.5. The van der Waals surface area contributed by atoms with E-state index in [9.17, 15) is 4.39 Å². The number of rotatable bonds is 5. The second-order valence-electron chi connectivity index (χ2n) is 9.64. The fourth-order valence-corrected chi connectivity index (χ4v) is 4.31. The molecular formula is C31H36FN5. The molecule has 37 heavy (non-hydrogen) atoms. The summed E-state index contributed by atoms with van der Waals surface area (Å²) in [6.45, 7) is 4.84. The van der Waals surface area contributed by atoms with Crippen LogP contribution < -0.4 is 10.6 Å². The Morgan fingerprint density at radius 1 is 1.05 bits per heavy atom. The summed E-state index contributed by atoms with van der Waals surface area (Å²) in [5.74, 6) is 1.18. The number of amidine groups is 1. The van der Waals surface area contributed by atoms with Crippen LogP contribution in [-0.2, 0) is 6.54 Å². The lowest BCUT2D eigenvalue weighted by Gasteiger charge is -2.20. The minimum atomic E-state index is -0.244. The van der Waals surface area contributed by atoms with Crippen LogP contribution in [0.3, 0.4) is 0 Å². The molecule has 0 fully saturated rings. The van der Waals surface area contributed by atoms with Crippen LogP contribution in [-0.4, -0.2) is 16.8 Å². The highest BCUT2D eigenvalue weighted by molar-refractivity contribution is 5.98. The molecule has 2 aromatic rings. The molecule has 0 atom stereocenters. The minimum absolute atomic E-state index is 0.244. The Balaban J connectivity index is 1.62. The maximum absolute atomic E-state index is 13.7. The van der Waals surface area contributed by atoms with E-state index in [1.54, 1.807) is 12.3 Å². The number of nitrogens with zero attached hydrogens (tertiary/aromatic N) is 3. The quantitative estimate of drug-likeness (QED) is 0.458. The highest BCUT2D eigenvalue weighted by Crippen LogP contribution is 2.18. The molecule has 4 rings (SSSR count). The molecule has 2 N–H and O–H groups in total. The fourth-order valence-electron chi connectivity index (χ4n) is 4.31. The lowest BCUT2D eigenvalue weighted by molar-refractivity contribution is 0.627. The molecule has 2 aliphatic rings. The van der Waals surface area contributed by atoms with Gasteiger partial charge in [0.15, 0.2) is 0 Å². The highest BCUT2D eigenvalue weighted by Gasteiger charge is 2.13. The zero-order valence-electron chi connectivity index (χ0n) is 21.8. The van der Waals surface area contributed by atoms with Gasteiger partial charge in [-0.2, -0.15) is 4.99 Å². The van der Waals surface area contributed by atoms with Crippen molar-refractivity contribution in [1.29, 1.82) is 0 Å². The molecular weight excluding hydrogens is 461 g/mol. The van der Waals surface area contributed by atoms with Crippen molar-refractivity contribution >= 4 is 17.9 Å². The largest absolute Gasteiger partial charge is 0.326 e. The molecule has 1 aliphatic carbocycles. The second-order valence-corrected chi connectivity index (χ2v) is 9.64. The van der Waals surface area contributed by atoms with Gasteiger partial charge in [-0.15, -0.1) is 0 Å². The molecule has 0 amide bonds. The number of hydrogen-bond acceptors (Lipinski definition) is 4. The van der Waals surface area contributed by atoms with Gasteiger partial charge in [0, 0.05) is 30.2 Å². The molecule has 1 aliphatic heterocycles. The standard InChI is InChI=1S/C31H36FN5/c1-23-9-5-3-4-6-13-28(19-23)35-31-36-29(16-15-25-10-7-12-27(32)20-25)24(2)14-17-30(37-31)34-22-26-11-8-18-33-21-26/h7-8,10-13,15-16,18-21H,3-6,9,14,17,22H2,1-2H3,(H2,34,35,36,37)/b16-15+,23-19?,28-13?,29-24?. The predicted molar refractivity (Wildman–Crippen MR) is 151 cm³/mol.